The van der Waals surface area contributed by atoms with Crippen molar-refractivity contribution in [2.24, 2.45) is 0 Å². The first-order valence-electron chi connectivity index (χ1n) is 7.75. The molecule has 1 aliphatic heterocycles. The largest absolute Gasteiger partial charge is 0.347 e. The molecule has 1 atom stereocenters. The molecular weight excluding hydrogens is 312 g/mol. The fraction of sp³-hybridized carbons (Fsp3) is 0.400. The van der Waals surface area contributed by atoms with E-state index in [4.69, 9.17) is 0 Å². The summed E-state index contributed by atoms with van der Waals surface area (Å²) in [6, 6.07) is 6.13. The van der Waals surface area contributed by atoms with Gasteiger partial charge in [0.05, 0.1) is 16.3 Å². The highest BCUT2D eigenvalue weighted by Gasteiger charge is 2.22. The summed E-state index contributed by atoms with van der Waals surface area (Å²) in [5.74, 6) is -0.280. The first-order valence-corrected chi connectivity index (χ1v) is 7.75. The number of hydrogen-bond donors (Lipinski definition) is 2. The van der Waals surface area contributed by atoms with Crippen molar-refractivity contribution >= 4 is 11.6 Å². The van der Waals surface area contributed by atoms with Crippen LogP contribution < -0.4 is 10.6 Å². The van der Waals surface area contributed by atoms with E-state index in [0.717, 1.165) is 25.9 Å². The zero-order chi connectivity index (χ0) is 17.1. The topological polar surface area (TPSA) is 115 Å². The minimum Gasteiger partial charge on any atom is -0.347 e. The van der Waals surface area contributed by atoms with Crippen molar-refractivity contribution in [3.63, 3.8) is 0 Å². The molecular formula is C15H18N6O3. The Morgan fingerprint density at radius 1 is 1.50 bits per heavy atom. The van der Waals surface area contributed by atoms with Crippen molar-refractivity contribution in [1.29, 1.82) is 0 Å². The summed E-state index contributed by atoms with van der Waals surface area (Å²) in [5, 5.41) is 25.0. The van der Waals surface area contributed by atoms with Gasteiger partial charge in [-0.25, -0.2) is 4.68 Å². The molecule has 2 N–H and O–H groups in total. The van der Waals surface area contributed by atoms with Crippen LogP contribution in [0, 0.1) is 17.0 Å². The second kappa shape index (κ2) is 6.75. The number of rotatable bonds is 4. The standard InChI is InChI=1S/C15H18N6O3/c1-10-14(15(22)17-11-4-3-7-16-9-11)18-19-20(10)12-5-2-6-13(8-12)21(23)24/h2,5-6,8,11,16H,3-4,7,9H2,1H3,(H,17,22). The normalized spacial score (nSPS) is 17.5. The van der Waals surface area contributed by atoms with Crippen LogP contribution >= 0.6 is 0 Å². The Kier molecular flexibility index (Phi) is 4.52. The third-order valence-electron chi connectivity index (χ3n) is 4.03. The number of carbonyl (C=O) groups excluding carboxylic acids is 1. The second-order valence-electron chi connectivity index (χ2n) is 5.73. The van der Waals surface area contributed by atoms with Crippen molar-refractivity contribution in [2.75, 3.05) is 13.1 Å². The fourth-order valence-corrected chi connectivity index (χ4v) is 2.75. The predicted molar refractivity (Wildman–Crippen MR) is 86.1 cm³/mol. The number of hydrogen-bond acceptors (Lipinski definition) is 6. The van der Waals surface area contributed by atoms with Crippen LogP contribution in [0.3, 0.4) is 0 Å². The monoisotopic (exact) mass is 330 g/mol. The average Bonchev–Trinajstić information content (AvgIpc) is 2.97. The van der Waals surface area contributed by atoms with Crippen molar-refractivity contribution in [3.8, 4) is 5.69 Å². The fourth-order valence-electron chi connectivity index (χ4n) is 2.75. The molecule has 0 radical (unpaired) electrons. The minimum atomic E-state index is -0.473. The molecule has 0 saturated carbocycles. The van der Waals surface area contributed by atoms with Gasteiger partial charge in [-0.1, -0.05) is 11.3 Å². The van der Waals surface area contributed by atoms with Crippen LogP contribution in [0.4, 0.5) is 5.69 Å². The quantitative estimate of drug-likeness (QED) is 0.637. The molecule has 126 valence electrons. The highest BCUT2D eigenvalue weighted by Crippen LogP contribution is 2.18. The number of nitrogens with one attached hydrogen (secondary N) is 2. The zero-order valence-electron chi connectivity index (χ0n) is 13.2. The van der Waals surface area contributed by atoms with Crippen LogP contribution in [0.25, 0.3) is 5.69 Å². The smallest absolute Gasteiger partial charge is 0.274 e. The molecule has 9 heteroatoms. The zero-order valence-corrected chi connectivity index (χ0v) is 13.2. The molecule has 1 aromatic heterocycles. The molecule has 24 heavy (non-hydrogen) atoms. The van der Waals surface area contributed by atoms with Gasteiger partial charge >= 0.3 is 0 Å². The van der Waals surface area contributed by atoms with E-state index in [1.807, 2.05) is 0 Å². The van der Waals surface area contributed by atoms with Crippen molar-refractivity contribution in [1.82, 2.24) is 25.6 Å². The van der Waals surface area contributed by atoms with Gasteiger partial charge in [0, 0.05) is 24.7 Å². The number of aromatic nitrogens is 3. The SMILES string of the molecule is Cc1c(C(=O)NC2CCCNC2)nnn1-c1cccc([N+](=O)[O-])c1. The Balaban J connectivity index is 1.81. The van der Waals surface area contributed by atoms with Crippen LogP contribution in [-0.4, -0.2) is 45.0 Å². The minimum absolute atomic E-state index is 0.0401. The third kappa shape index (κ3) is 3.25. The maximum Gasteiger partial charge on any atom is 0.274 e. The first-order chi connectivity index (χ1) is 11.6. The van der Waals surface area contributed by atoms with Gasteiger partial charge in [0.15, 0.2) is 5.69 Å². The van der Waals surface area contributed by atoms with E-state index in [1.165, 1.54) is 16.8 Å². The van der Waals surface area contributed by atoms with Gasteiger partial charge < -0.3 is 10.6 Å². The summed E-state index contributed by atoms with van der Waals surface area (Å²) in [6.45, 7) is 3.42. The molecule has 1 aliphatic rings. The van der Waals surface area contributed by atoms with Crippen LogP contribution in [0.5, 0.6) is 0 Å². The van der Waals surface area contributed by atoms with E-state index in [0.29, 0.717) is 11.4 Å². The molecule has 2 aromatic rings. The lowest BCUT2D eigenvalue weighted by Gasteiger charge is -2.23. The molecule has 2 heterocycles. The Hall–Kier alpha value is -2.81. The number of piperidine rings is 1. The van der Waals surface area contributed by atoms with E-state index in [9.17, 15) is 14.9 Å². The lowest BCUT2D eigenvalue weighted by molar-refractivity contribution is -0.384. The van der Waals surface area contributed by atoms with Gasteiger partial charge in [0.25, 0.3) is 11.6 Å². The van der Waals surface area contributed by atoms with Crippen molar-refractivity contribution < 1.29 is 9.72 Å². The van der Waals surface area contributed by atoms with E-state index >= 15 is 0 Å². The molecule has 1 unspecified atom stereocenters. The lowest BCUT2D eigenvalue weighted by Crippen LogP contribution is -2.45. The van der Waals surface area contributed by atoms with Crippen LogP contribution in [0.1, 0.15) is 29.0 Å². The third-order valence-corrected chi connectivity index (χ3v) is 4.03. The maximum atomic E-state index is 12.4. The van der Waals surface area contributed by atoms with Crippen LogP contribution in [-0.2, 0) is 0 Å². The van der Waals surface area contributed by atoms with E-state index in [-0.39, 0.29) is 23.3 Å². The van der Waals surface area contributed by atoms with E-state index in [2.05, 4.69) is 20.9 Å². The molecule has 1 saturated heterocycles. The average molecular weight is 330 g/mol. The summed E-state index contributed by atoms with van der Waals surface area (Å²) in [6.07, 6.45) is 1.95. The number of carbonyl (C=O) groups is 1. The second-order valence-corrected chi connectivity index (χ2v) is 5.73. The maximum absolute atomic E-state index is 12.4. The number of non-ortho nitro benzene ring substituents is 1. The number of nitro benzene ring substituents is 1. The summed E-state index contributed by atoms with van der Waals surface area (Å²) in [7, 11) is 0. The van der Waals surface area contributed by atoms with Crippen LogP contribution in [0.15, 0.2) is 24.3 Å². The first kappa shape index (κ1) is 16.1. The Morgan fingerprint density at radius 3 is 3.04 bits per heavy atom. The molecule has 0 spiro atoms. The van der Waals surface area contributed by atoms with Gasteiger partial charge in [-0.2, -0.15) is 0 Å². The van der Waals surface area contributed by atoms with E-state index in [1.54, 1.807) is 19.1 Å². The van der Waals surface area contributed by atoms with Gasteiger partial charge in [-0.05, 0) is 32.4 Å². The number of benzene rings is 1. The molecule has 1 amide bonds. The van der Waals surface area contributed by atoms with E-state index < -0.39 is 4.92 Å². The highest BCUT2D eigenvalue weighted by molar-refractivity contribution is 5.93. The summed E-state index contributed by atoms with van der Waals surface area (Å²) in [5.41, 5.74) is 1.22. The molecule has 1 aromatic carbocycles. The molecule has 0 bridgehead atoms. The highest BCUT2D eigenvalue weighted by atomic mass is 16.6. The Labute approximate surface area is 138 Å². The summed E-state index contributed by atoms with van der Waals surface area (Å²) >= 11 is 0. The Morgan fingerprint density at radius 2 is 2.33 bits per heavy atom. The molecule has 0 aliphatic carbocycles. The van der Waals surface area contributed by atoms with Gasteiger partial charge in [-0.3, -0.25) is 14.9 Å². The van der Waals surface area contributed by atoms with Crippen molar-refractivity contribution in [3.05, 3.63) is 45.8 Å². The molecule has 1 fully saturated rings. The summed E-state index contributed by atoms with van der Waals surface area (Å²) < 4.78 is 1.43. The molecule has 3 rings (SSSR count). The number of nitrogens with zero attached hydrogens (tertiary/aromatic N) is 4. The predicted octanol–water partition coefficient (Wildman–Crippen LogP) is 0.966. The number of amides is 1. The number of nitro groups is 1. The Bertz CT molecular complexity index is 766. The summed E-state index contributed by atoms with van der Waals surface area (Å²) in [4.78, 5) is 22.8. The van der Waals surface area contributed by atoms with Crippen molar-refractivity contribution in [2.45, 2.75) is 25.8 Å². The van der Waals surface area contributed by atoms with Gasteiger partial charge in [-0.15, -0.1) is 5.10 Å². The van der Waals surface area contributed by atoms with Gasteiger partial charge in [0.1, 0.15) is 0 Å². The molecule has 9 nitrogen and oxygen atoms in total. The van der Waals surface area contributed by atoms with Gasteiger partial charge in [0.2, 0.25) is 0 Å². The lowest BCUT2D eigenvalue weighted by atomic mass is 10.1. The van der Waals surface area contributed by atoms with Crippen LogP contribution in [0.2, 0.25) is 0 Å².